The minimum Gasteiger partial charge on any atom is -0.316 e. The van der Waals surface area contributed by atoms with Crippen molar-refractivity contribution in [2.24, 2.45) is 11.8 Å². The zero-order valence-electron chi connectivity index (χ0n) is 11.3. The number of hydrogen-bond donors (Lipinski definition) is 2. The Morgan fingerprint density at radius 2 is 2.06 bits per heavy atom. The Bertz CT molecular complexity index is 225. The quantitative estimate of drug-likeness (QED) is 0.772. The minimum absolute atomic E-state index is 0.485. The average Bonchev–Trinajstić information content (AvgIpc) is 2.27. The van der Waals surface area contributed by atoms with Crippen LogP contribution in [0.15, 0.2) is 0 Å². The van der Waals surface area contributed by atoms with Crippen molar-refractivity contribution in [3.05, 3.63) is 0 Å². The fraction of sp³-hybridized carbons (Fsp3) is 1.00. The average molecular weight is 266 g/mol. The molecular formula is C13H25F3N2. The van der Waals surface area contributed by atoms with E-state index in [1.54, 1.807) is 6.92 Å². The Balaban J connectivity index is 2.12. The van der Waals surface area contributed by atoms with Crippen molar-refractivity contribution in [3.8, 4) is 0 Å². The second-order valence-corrected chi connectivity index (χ2v) is 5.55. The molecule has 5 heteroatoms. The molecule has 0 saturated carbocycles. The third kappa shape index (κ3) is 6.59. The van der Waals surface area contributed by atoms with Gasteiger partial charge in [0.2, 0.25) is 0 Å². The van der Waals surface area contributed by atoms with Gasteiger partial charge in [0.05, 0.1) is 6.42 Å². The number of nitrogens with one attached hydrogen (secondary N) is 2. The summed E-state index contributed by atoms with van der Waals surface area (Å²) in [6.45, 7) is 6.63. The molecule has 0 bridgehead atoms. The highest BCUT2D eigenvalue weighted by Gasteiger charge is 2.29. The lowest BCUT2D eigenvalue weighted by Gasteiger charge is -2.28. The van der Waals surface area contributed by atoms with E-state index in [-0.39, 0.29) is 0 Å². The Morgan fingerprint density at radius 1 is 1.33 bits per heavy atom. The monoisotopic (exact) mass is 266 g/mol. The summed E-state index contributed by atoms with van der Waals surface area (Å²) in [5, 5.41) is 6.35. The molecule has 1 aliphatic rings. The van der Waals surface area contributed by atoms with Gasteiger partial charge in [-0.05, 0) is 57.7 Å². The molecule has 3 unspecified atom stereocenters. The first kappa shape index (κ1) is 15.8. The summed E-state index contributed by atoms with van der Waals surface area (Å²) in [5.41, 5.74) is 0. The zero-order chi connectivity index (χ0) is 13.6. The molecule has 0 aromatic heterocycles. The first-order valence-electron chi connectivity index (χ1n) is 6.89. The lowest BCUT2D eigenvalue weighted by molar-refractivity contribution is -0.139. The number of hydrogen-bond acceptors (Lipinski definition) is 2. The van der Waals surface area contributed by atoms with Crippen LogP contribution in [0.3, 0.4) is 0 Å². The van der Waals surface area contributed by atoms with Crippen LogP contribution in [0.1, 0.15) is 39.5 Å². The number of piperidine rings is 1. The first-order valence-corrected chi connectivity index (χ1v) is 6.89. The van der Waals surface area contributed by atoms with Gasteiger partial charge in [-0.1, -0.05) is 6.92 Å². The maximum absolute atomic E-state index is 12.1. The lowest BCUT2D eigenvalue weighted by Crippen LogP contribution is -2.36. The molecule has 0 aliphatic carbocycles. The van der Waals surface area contributed by atoms with Crippen LogP contribution in [0.4, 0.5) is 13.2 Å². The zero-order valence-corrected chi connectivity index (χ0v) is 11.3. The normalized spacial score (nSPS) is 24.8. The van der Waals surface area contributed by atoms with E-state index >= 15 is 0 Å². The second-order valence-electron chi connectivity index (χ2n) is 5.55. The molecular weight excluding hydrogens is 241 g/mol. The highest BCUT2D eigenvalue weighted by molar-refractivity contribution is 4.75. The third-order valence-corrected chi connectivity index (χ3v) is 3.77. The highest BCUT2D eigenvalue weighted by atomic mass is 19.4. The number of alkyl halides is 3. The van der Waals surface area contributed by atoms with Gasteiger partial charge < -0.3 is 10.6 Å². The van der Waals surface area contributed by atoms with Gasteiger partial charge in [0, 0.05) is 6.04 Å². The molecule has 1 rings (SSSR count). The summed E-state index contributed by atoms with van der Waals surface area (Å²) in [6.07, 6.45) is -1.40. The third-order valence-electron chi connectivity index (χ3n) is 3.77. The van der Waals surface area contributed by atoms with Gasteiger partial charge in [0.25, 0.3) is 0 Å². The molecule has 1 saturated heterocycles. The van der Waals surface area contributed by atoms with Crippen LogP contribution in [0.25, 0.3) is 0 Å². The predicted molar refractivity (Wildman–Crippen MR) is 67.5 cm³/mol. The lowest BCUT2D eigenvalue weighted by atomic mass is 9.85. The van der Waals surface area contributed by atoms with E-state index < -0.39 is 18.6 Å². The van der Waals surface area contributed by atoms with Crippen molar-refractivity contribution in [3.63, 3.8) is 0 Å². The molecule has 2 N–H and O–H groups in total. The van der Waals surface area contributed by atoms with Gasteiger partial charge >= 0.3 is 6.18 Å². The van der Waals surface area contributed by atoms with Crippen LogP contribution in [0, 0.1) is 11.8 Å². The molecule has 1 aliphatic heterocycles. The fourth-order valence-electron chi connectivity index (χ4n) is 2.58. The summed E-state index contributed by atoms with van der Waals surface area (Å²) in [6, 6.07) is -0.485. The molecule has 1 heterocycles. The van der Waals surface area contributed by atoms with Crippen LogP contribution in [-0.2, 0) is 0 Å². The van der Waals surface area contributed by atoms with E-state index in [4.69, 9.17) is 0 Å². The molecule has 18 heavy (non-hydrogen) atoms. The van der Waals surface area contributed by atoms with Crippen molar-refractivity contribution in [2.45, 2.75) is 51.7 Å². The molecule has 0 aromatic carbocycles. The standard InChI is InChI=1S/C13H25F3N2/c1-10(12-4-3-6-17-9-12)5-7-18-11(2)8-13(14,15)16/h10-12,17-18H,3-9H2,1-2H3. The first-order chi connectivity index (χ1) is 8.38. The van der Waals surface area contributed by atoms with Gasteiger partial charge in [0.1, 0.15) is 0 Å². The topological polar surface area (TPSA) is 24.1 Å². The molecule has 1 fully saturated rings. The van der Waals surface area contributed by atoms with E-state index in [2.05, 4.69) is 17.6 Å². The van der Waals surface area contributed by atoms with E-state index in [1.807, 2.05) is 0 Å². The second kappa shape index (κ2) is 7.34. The Kier molecular flexibility index (Phi) is 6.43. The minimum atomic E-state index is -4.06. The van der Waals surface area contributed by atoms with Crippen LogP contribution < -0.4 is 10.6 Å². The van der Waals surface area contributed by atoms with Crippen LogP contribution >= 0.6 is 0 Å². The highest BCUT2D eigenvalue weighted by Crippen LogP contribution is 2.23. The summed E-state index contributed by atoms with van der Waals surface area (Å²) < 4.78 is 36.4. The van der Waals surface area contributed by atoms with Gasteiger partial charge in [-0.2, -0.15) is 13.2 Å². The van der Waals surface area contributed by atoms with Crippen molar-refractivity contribution in [1.82, 2.24) is 10.6 Å². The van der Waals surface area contributed by atoms with Gasteiger partial charge in [-0.3, -0.25) is 0 Å². The Morgan fingerprint density at radius 3 is 2.61 bits per heavy atom. The van der Waals surface area contributed by atoms with Gasteiger partial charge in [0.15, 0.2) is 0 Å². The molecule has 3 atom stereocenters. The van der Waals surface area contributed by atoms with Gasteiger partial charge in [-0.15, -0.1) is 0 Å². The van der Waals surface area contributed by atoms with E-state index in [0.717, 1.165) is 19.5 Å². The van der Waals surface area contributed by atoms with E-state index in [1.165, 1.54) is 12.8 Å². The molecule has 0 amide bonds. The number of rotatable bonds is 6. The van der Waals surface area contributed by atoms with E-state index in [9.17, 15) is 13.2 Å². The van der Waals surface area contributed by atoms with Crippen molar-refractivity contribution in [1.29, 1.82) is 0 Å². The van der Waals surface area contributed by atoms with Crippen LogP contribution in [0.2, 0.25) is 0 Å². The maximum Gasteiger partial charge on any atom is 0.390 e. The van der Waals surface area contributed by atoms with Crippen LogP contribution in [0.5, 0.6) is 0 Å². The molecule has 0 radical (unpaired) electrons. The molecule has 0 aromatic rings. The Labute approximate surface area is 108 Å². The van der Waals surface area contributed by atoms with Crippen molar-refractivity contribution >= 4 is 0 Å². The van der Waals surface area contributed by atoms with Gasteiger partial charge in [-0.25, -0.2) is 0 Å². The fourth-order valence-corrected chi connectivity index (χ4v) is 2.58. The maximum atomic E-state index is 12.1. The molecule has 2 nitrogen and oxygen atoms in total. The van der Waals surface area contributed by atoms with Crippen molar-refractivity contribution < 1.29 is 13.2 Å². The molecule has 0 spiro atoms. The summed E-state index contributed by atoms with van der Waals surface area (Å²) >= 11 is 0. The number of halogens is 3. The van der Waals surface area contributed by atoms with E-state index in [0.29, 0.717) is 18.4 Å². The van der Waals surface area contributed by atoms with Crippen molar-refractivity contribution in [2.75, 3.05) is 19.6 Å². The summed E-state index contributed by atoms with van der Waals surface area (Å²) in [7, 11) is 0. The van der Waals surface area contributed by atoms with Crippen LogP contribution in [-0.4, -0.2) is 31.9 Å². The smallest absolute Gasteiger partial charge is 0.316 e. The Hall–Kier alpha value is -0.290. The SMILES string of the molecule is CC(CC(F)(F)F)NCCC(C)C1CCCNC1. The largest absolute Gasteiger partial charge is 0.390 e. The summed E-state index contributed by atoms with van der Waals surface area (Å²) in [4.78, 5) is 0. The molecule has 108 valence electrons. The summed E-state index contributed by atoms with van der Waals surface area (Å²) in [5.74, 6) is 1.25. The predicted octanol–water partition coefficient (Wildman–Crippen LogP) is 2.94.